The molecule has 22 heavy (non-hydrogen) atoms. The monoisotopic (exact) mass is 289 g/mol. The summed E-state index contributed by atoms with van der Waals surface area (Å²) in [5.41, 5.74) is 5.53. The Kier molecular flexibility index (Phi) is 2.25. The Balaban J connectivity index is 1.69. The van der Waals surface area contributed by atoms with Gasteiger partial charge in [0, 0.05) is 35.5 Å². The molecule has 0 spiro atoms. The van der Waals surface area contributed by atoms with Crippen molar-refractivity contribution in [3.63, 3.8) is 0 Å². The Labute approximate surface area is 127 Å². The number of hydrogen-bond acceptors (Lipinski definition) is 3. The first kappa shape index (κ1) is 11.9. The molecule has 1 N–H and O–H groups in total. The zero-order valence-electron chi connectivity index (χ0n) is 12.2. The fourth-order valence-electron chi connectivity index (χ4n) is 2.97. The van der Waals surface area contributed by atoms with Crippen LogP contribution >= 0.6 is 0 Å². The first-order valence-electron chi connectivity index (χ1n) is 7.58. The van der Waals surface area contributed by atoms with Gasteiger partial charge in [0.25, 0.3) is 0 Å². The van der Waals surface area contributed by atoms with Gasteiger partial charge < -0.3 is 4.98 Å². The number of nitrogens with one attached hydrogen (secondary N) is 1. The number of H-pyrrole nitrogens is 1. The molecule has 0 bridgehead atoms. The Hall–Kier alpha value is -2.69. The van der Waals surface area contributed by atoms with E-state index in [1.54, 1.807) is 0 Å². The van der Waals surface area contributed by atoms with Crippen LogP contribution in [0.2, 0.25) is 0 Å². The number of nitrogens with zero attached hydrogens (tertiary/aromatic N) is 4. The van der Waals surface area contributed by atoms with Crippen LogP contribution in [0.5, 0.6) is 0 Å². The number of aromatic amines is 1. The molecule has 108 valence electrons. The summed E-state index contributed by atoms with van der Waals surface area (Å²) in [6.07, 6.45) is 10.3. The van der Waals surface area contributed by atoms with Crippen molar-refractivity contribution in [3.05, 3.63) is 48.3 Å². The molecule has 4 aromatic rings. The van der Waals surface area contributed by atoms with Gasteiger partial charge in [0.15, 0.2) is 0 Å². The van der Waals surface area contributed by atoms with Crippen molar-refractivity contribution in [1.29, 1.82) is 0 Å². The van der Waals surface area contributed by atoms with Crippen LogP contribution in [0.1, 0.15) is 30.1 Å². The van der Waals surface area contributed by atoms with Crippen molar-refractivity contribution >= 4 is 16.6 Å². The molecule has 1 aliphatic rings. The van der Waals surface area contributed by atoms with Crippen molar-refractivity contribution in [3.8, 4) is 11.1 Å². The van der Waals surface area contributed by atoms with Gasteiger partial charge in [0.1, 0.15) is 11.5 Å². The smallest absolute Gasteiger partial charge is 0.141 e. The maximum atomic E-state index is 4.67. The molecule has 1 fully saturated rings. The fraction of sp³-hybridized carbons (Fsp3) is 0.235. The highest BCUT2D eigenvalue weighted by atomic mass is 15.2. The van der Waals surface area contributed by atoms with E-state index in [0.29, 0.717) is 5.92 Å². The Morgan fingerprint density at radius 1 is 1.27 bits per heavy atom. The van der Waals surface area contributed by atoms with Crippen molar-refractivity contribution in [2.45, 2.75) is 25.7 Å². The second-order valence-electron chi connectivity index (χ2n) is 6.04. The number of aromatic nitrogens is 5. The van der Waals surface area contributed by atoms with Crippen LogP contribution < -0.4 is 0 Å². The minimum Gasteiger partial charge on any atom is -0.345 e. The molecule has 4 aromatic heterocycles. The summed E-state index contributed by atoms with van der Waals surface area (Å²) in [7, 11) is 0. The third kappa shape index (κ3) is 1.68. The summed E-state index contributed by atoms with van der Waals surface area (Å²) in [6.45, 7) is 2.08. The van der Waals surface area contributed by atoms with Gasteiger partial charge in [-0.1, -0.05) is 0 Å². The molecule has 0 aromatic carbocycles. The van der Waals surface area contributed by atoms with E-state index in [0.717, 1.165) is 33.5 Å². The summed E-state index contributed by atoms with van der Waals surface area (Å²) in [4.78, 5) is 12.5. The third-order valence-electron chi connectivity index (χ3n) is 4.42. The zero-order valence-corrected chi connectivity index (χ0v) is 12.2. The van der Waals surface area contributed by atoms with Gasteiger partial charge in [0.05, 0.1) is 11.7 Å². The largest absolute Gasteiger partial charge is 0.345 e. The quantitative estimate of drug-likeness (QED) is 0.615. The van der Waals surface area contributed by atoms with Crippen LogP contribution in [-0.2, 0) is 0 Å². The average Bonchev–Trinajstić information content (AvgIpc) is 3.22. The molecule has 1 aliphatic carbocycles. The van der Waals surface area contributed by atoms with E-state index < -0.39 is 0 Å². The van der Waals surface area contributed by atoms with E-state index in [1.807, 2.05) is 29.3 Å². The molecule has 5 heteroatoms. The minimum absolute atomic E-state index is 0.571. The highest BCUT2D eigenvalue weighted by molar-refractivity contribution is 5.93. The van der Waals surface area contributed by atoms with Gasteiger partial charge in [-0.3, -0.25) is 0 Å². The lowest BCUT2D eigenvalue weighted by Gasteiger charge is -2.02. The van der Waals surface area contributed by atoms with Crippen LogP contribution in [0.15, 0.2) is 36.9 Å². The first-order valence-corrected chi connectivity index (χ1v) is 7.58. The molecule has 1 saturated carbocycles. The van der Waals surface area contributed by atoms with Gasteiger partial charge in [-0.15, -0.1) is 0 Å². The average molecular weight is 289 g/mol. The Morgan fingerprint density at radius 3 is 3.05 bits per heavy atom. The normalized spacial score (nSPS) is 15.0. The highest BCUT2D eigenvalue weighted by Gasteiger charge is 2.27. The number of pyridine rings is 1. The number of rotatable bonds is 2. The van der Waals surface area contributed by atoms with Crippen molar-refractivity contribution in [1.82, 2.24) is 24.6 Å². The van der Waals surface area contributed by atoms with Gasteiger partial charge in [-0.05, 0) is 43.0 Å². The summed E-state index contributed by atoms with van der Waals surface area (Å²) in [5, 5.41) is 5.40. The van der Waals surface area contributed by atoms with E-state index in [2.05, 4.69) is 39.1 Å². The standard InChI is InChI=1S/C17H15N5/c1-10-7-20-22-5-4-12(6-15(10)22)13-8-19-17-14(13)9-18-16(21-17)11-2-3-11/h4-9,11H,2-3H2,1H3,(H,18,19,21). The lowest BCUT2D eigenvalue weighted by atomic mass is 10.1. The molecule has 0 radical (unpaired) electrons. The Bertz CT molecular complexity index is 1010. The van der Waals surface area contributed by atoms with Crippen LogP contribution in [0.25, 0.3) is 27.7 Å². The molecular formula is C17H15N5. The van der Waals surface area contributed by atoms with Gasteiger partial charge in [0.2, 0.25) is 0 Å². The number of hydrogen-bond donors (Lipinski definition) is 1. The van der Waals surface area contributed by atoms with Crippen LogP contribution in [0.4, 0.5) is 0 Å². The van der Waals surface area contributed by atoms with E-state index in [-0.39, 0.29) is 0 Å². The van der Waals surface area contributed by atoms with Crippen LogP contribution in [0.3, 0.4) is 0 Å². The maximum absolute atomic E-state index is 4.67. The fourth-order valence-corrected chi connectivity index (χ4v) is 2.97. The molecule has 4 heterocycles. The maximum Gasteiger partial charge on any atom is 0.141 e. The molecule has 0 aliphatic heterocycles. The van der Waals surface area contributed by atoms with Gasteiger partial charge >= 0.3 is 0 Å². The molecule has 5 rings (SSSR count). The lowest BCUT2D eigenvalue weighted by molar-refractivity contribution is 0.943. The zero-order chi connectivity index (χ0) is 14.7. The van der Waals surface area contributed by atoms with Crippen molar-refractivity contribution in [2.24, 2.45) is 0 Å². The third-order valence-corrected chi connectivity index (χ3v) is 4.42. The van der Waals surface area contributed by atoms with Crippen LogP contribution in [-0.4, -0.2) is 24.6 Å². The molecule has 0 atom stereocenters. The predicted octanol–water partition coefficient (Wildman–Crippen LogP) is 3.46. The molecule has 0 saturated heterocycles. The molecular weight excluding hydrogens is 274 g/mol. The van der Waals surface area contributed by atoms with E-state index in [4.69, 9.17) is 0 Å². The number of fused-ring (bicyclic) bond motifs is 2. The SMILES string of the molecule is Cc1cnn2ccc(-c3c[nH]c4nc(C5CC5)ncc34)cc12. The second-order valence-corrected chi connectivity index (χ2v) is 6.04. The molecule has 0 unspecified atom stereocenters. The first-order chi connectivity index (χ1) is 10.8. The summed E-state index contributed by atoms with van der Waals surface area (Å²) in [5.74, 6) is 1.55. The van der Waals surface area contributed by atoms with E-state index in [9.17, 15) is 0 Å². The molecule has 5 nitrogen and oxygen atoms in total. The predicted molar refractivity (Wildman–Crippen MR) is 84.8 cm³/mol. The summed E-state index contributed by atoms with van der Waals surface area (Å²) >= 11 is 0. The van der Waals surface area contributed by atoms with Gasteiger partial charge in [-0.2, -0.15) is 5.10 Å². The van der Waals surface area contributed by atoms with Crippen LogP contribution in [0, 0.1) is 6.92 Å². The summed E-state index contributed by atoms with van der Waals surface area (Å²) < 4.78 is 1.90. The minimum atomic E-state index is 0.571. The molecule has 0 amide bonds. The number of aryl methyl sites for hydroxylation is 1. The highest BCUT2D eigenvalue weighted by Crippen LogP contribution is 2.38. The Morgan fingerprint density at radius 2 is 2.18 bits per heavy atom. The van der Waals surface area contributed by atoms with E-state index >= 15 is 0 Å². The lowest BCUT2D eigenvalue weighted by Crippen LogP contribution is -1.92. The van der Waals surface area contributed by atoms with Gasteiger partial charge in [-0.25, -0.2) is 14.5 Å². The van der Waals surface area contributed by atoms with Crippen molar-refractivity contribution < 1.29 is 0 Å². The topological polar surface area (TPSA) is 58.9 Å². The summed E-state index contributed by atoms with van der Waals surface area (Å²) in [6, 6.07) is 4.25. The van der Waals surface area contributed by atoms with Crippen molar-refractivity contribution in [2.75, 3.05) is 0 Å². The second kappa shape index (κ2) is 4.16. The van der Waals surface area contributed by atoms with E-state index in [1.165, 1.54) is 18.4 Å².